The summed E-state index contributed by atoms with van der Waals surface area (Å²) in [6, 6.07) is -1.16. The summed E-state index contributed by atoms with van der Waals surface area (Å²) in [6.45, 7) is 12.4. The smallest absolute Gasteiger partial charge is 0.329 e. The molecule has 4 unspecified atom stereocenters. The first-order valence-corrected chi connectivity index (χ1v) is 23.9. The third-order valence-corrected chi connectivity index (χ3v) is 14.4. The largest absolute Gasteiger partial charge is 0.460 e. The van der Waals surface area contributed by atoms with E-state index in [-0.39, 0.29) is 60.4 Å². The van der Waals surface area contributed by atoms with Gasteiger partial charge in [-0.15, -0.1) is 0 Å². The number of allylic oxidation sites excluding steroid dienone is 6. The number of carbonyl (C=O) groups is 5. The number of Topliss-reactive ketones (excluding diaryl/α,β-unsaturated/α-hetero) is 3. The van der Waals surface area contributed by atoms with Crippen LogP contribution in [-0.2, 0) is 47.7 Å². The molecule has 0 aromatic carbocycles. The highest BCUT2D eigenvalue weighted by Gasteiger charge is 2.53. The number of esters is 1. The van der Waals surface area contributed by atoms with E-state index in [4.69, 9.17) is 23.7 Å². The molecule has 3 aliphatic heterocycles. The summed E-state index contributed by atoms with van der Waals surface area (Å²) in [5.74, 6) is -8.44. The van der Waals surface area contributed by atoms with Crippen molar-refractivity contribution in [3.05, 3.63) is 47.6 Å². The van der Waals surface area contributed by atoms with Gasteiger partial charge in [-0.3, -0.25) is 19.2 Å². The Bertz CT molecular complexity index is 1760. The van der Waals surface area contributed by atoms with Crippen molar-refractivity contribution in [1.82, 2.24) is 4.90 Å². The molecule has 1 saturated carbocycles. The van der Waals surface area contributed by atoms with E-state index in [1.807, 2.05) is 51.2 Å². The van der Waals surface area contributed by atoms with Crippen LogP contribution in [-0.4, -0.2) is 127 Å². The number of hydrogen-bond donors (Lipinski definition) is 2. The van der Waals surface area contributed by atoms with Crippen LogP contribution in [0.2, 0.25) is 0 Å². The third kappa shape index (κ3) is 14.3. The molecule has 13 nitrogen and oxygen atoms in total. The fraction of sp³-hybridized carbons (Fsp3) is 0.745. The number of hydrogen-bond acceptors (Lipinski definition) is 12. The first-order valence-electron chi connectivity index (χ1n) is 23.9. The van der Waals surface area contributed by atoms with Gasteiger partial charge in [-0.25, -0.2) is 9.18 Å². The fourth-order valence-electron chi connectivity index (χ4n) is 10.1. The zero-order chi connectivity index (χ0) is 48.2. The second-order valence-corrected chi connectivity index (χ2v) is 19.5. The fourth-order valence-corrected chi connectivity index (χ4v) is 10.1. The van der Waals surface area contributed by atoms with Crippen molar-refractivity contribution >= 4 is 29.2 Å². The van der Waals surface area contributed by atoms with Gasteiger partial charge in [0.05, 0.1) is 24.4 Å². The Morgan fingerprint density at radius 1 is 0.877 bits per heavy atom. The Morgan fingerprint density at radius 3 is 2.28 bits per heavy atom. The van der Waals surface area contributed by atoms with Crippen molar-refractivity contribution in [2.24, 2.45) is 35.5 Å². The number of amides is 1. The van der Waals surface area contributed by atoms with Gasteiger partial charge in [-0.1, -0.05) is 71.1 Å². The molecule has 0 aromatic heterocycles. The maximum atomic E-state index is 16.2. The molecule has 1 aliphatic carbocycles. The molecule has 1 amide bonds. The number of rotatable bonds is 6. The summed E-state index contributed by atoms with van der Waals surface area (Å²) in [6.07, 6.45) is 9.94. The molecule has 0 aromatic rings. The van der Waals surface area contributed by atoms with Crippen molar-refractivity contribution in [3.8, 4) is 0 Å². The molecule has 14 heteroatoms. The number of fused-ring (bicyclic) bond motifs is 3. The number of aliphatic hydroxyl groups excluding tert-OH is 1. The monoisotopic (exact) mass is 916 g/mol. The predicted molar refractivity (Wildman–Crippen MR) is 244 cm³/mol. The van der Waals surface area contributed by atoms with Crippen molar-refractivity contribution < 1.29 is 62.3 Å². The molecule has 2 N–H and O–H groups in total. The van der Waals surface area contributed by atoms with E-state index in [9.17, 15) is 34.2 Å². The molecular formula is C51H78FNO12. The highest BCUT2D eigenvalue weighted by molar-refractivity contribution is 6.39. The summed E-state index contributed by atoms with van der Waals surface area (Å²) >= 11 is 0. The Balaban J connectivity index is 1.70. The van der Waals surface area contributed by atoms with Crippen LogP contribution < -0.4 is 0 Å². The maximum absolute atomic E-state index is 16.2. The zero-order valence-electron chi connectivity index (χ0n) is 40.5. The Labute approximate surface area is 386 Å². The van der Waals surface area contributed by atoms with Crippen LogP contribution in [0.1, 0.15) is 126 Å². The van der Waals surface area contributed by atoms with Crippen molar-refractivity contribution in [2.75, 3.05) is 27.9 Å². The molecule has 15 atom stereocenters. The number of nitrogens with zero attached hydrogens (tertiary/aromatic N) is 1. The van der Waals surface area contributed by atoms with Crippen LogP contribution in [0.4, 0.5) is 4.39 Å². The SMILES string of the molecule is CO[C@H]1C[C@@H]2CC[C@@H](C)[C@@](O)(O2)C(=O)C(=O)N2CCCC[C@H]2C(=O)OC([C@H](C)CC2CC[C@@H](O)[C@H](OC)C2)CC(=O)[C@H](C)/C=C(\C)C(F)[C@@H](OC)C(=O)C(C)C[C@H](C)/C=C/C=C/C=C/1C. The summed E-state index contributed by atoms with van der Waals surface area (Å²) in [5.41, 5.74) is 1.03. The predicted octanol–water partition coefficient (Wildman–Crippen LogP) is 7.16. The zero-order valence-corrected chi connectivity index (χ0v) is 40.5. The van der Waals surface area contributed by atoms with Gasteiger partial charge in [0, 0.05) is 58.5 Å². The second kappa shape index (κ2) is 25.1. The minimum Gasteiger partial charge on any atom is -0.460 e. The molecule has 2 saturated heterocycles. The average molecular weight is 916 g/mol. The first-order chi connectivity index (χ1) is 30.7. The first kappa shape index (κ1) is 54.2. The molecule has 3 fully saturated rings. The lowest BCUT2D eigenvalue weighted by molar-refractivity contribution is -0.265. The number of aliphatic hydroxyl groups is 2. The average Bonchev–Trinajstić information content (AvgIpc) is 3.28. The number of piperidine rings is 1. The topological polar surface area (TPSA) is 175 Å². The summed E-state index contributed by atoms with van der Waals surface area (Å²) in [7, 11) is 4.42. The summed E-state index contributed by atoms with van der Waals surface area (Å²) in [5, 5.41) is 22.4. The van der Waals surface area contributed by atoms with E-state index in [1.54, 1.807) is 35.0 Å². The lowest BCUT2D eigenvalue weighted by Crippen LogP contribution is -2.61. The van der Waals surface area contributed by atoms with Gasteiger partial charge in [-0.05, 0) is 107 Å². The van der Waals surface area contributed by atoms with Gasteiger partial charge in [0.15, 0.2) is 18.1 Å². The van der Waals surface area contributed by atoms with Crippen LogP contribution in [0.5, 0.6) is 0 Å². The van der Waals surface area contributed by atoms with Gasteiger partial charge >= 0.3 is 5.97 Å². The highest BCUT2D eigenvalue weighted by Crippen LogP contribution is 2.38. The number of halogens is 1. The van der Waals surface area contributed by atoms with Crippen molar-refractivity contribution in [3.63, 3.8) is 0 Å². The number of ketones is 3. The van der Waals surface area contributed by atoms with Gasteiger partial charge < -0.3 is 38.8 Å². The van der Waals surface area contributed by atoms with Crippen LogP contribution in [0.15, 0.2) is 47.6 Å². The quantitative estimate of drug-likeness (QED) is 0.157. The molecule has 366 valence electrons. The Morgan fingerprint density at radius 2 is 1.60 bits per heavy atom. The van der Waals surface area contributed by atoms with E-state index < -0.39 is 83.9 Å². The lowest BCUT2D eigenvalue weighted by atomic mass is 9.78. The molecule has 3 heterocycles. The lowest BCUT2D eigenvalue weighted by Gasteiger charge is -2.42. The second-order valence-electron chi connectivity index (χ2n) is 19.5. The molecule has 0 radical (unpaired) electrons. The Hall–Kier alpha value is -3.40. The summed E-state index contributed by atoms with van der Waals surface area (Å²) in [4.78, 5) is 71.6. The minimum atomic E-state index is -2.44. The van der Waals surface area contributed by atoms with E-state index in [2.05, 4.69) is 0 Å². The number of alkyl halides is 1. The maximum Gasteiger partial charge on any atom is 0.329 e. The molecular weight excluding hydrogens is 838 g/mol. The van der Waals surface area contributed by atoms with E-state index in [0.717, 1.165) is 5.57 Å². The number of carbonyl (C=O) groups excluding carboxylic acids is 5. The van der Waals surface area contributed by atoms with Gasteiger partial charge in [0.1, 0.15) is 17.9 Å². The molecule has 2 bridgehead atoms. The van der Waals surface area contributed by atoms with Crippen molar-refractivity contribution in [2.45, 2.75) is 180 Å². The van der Waals surface area contributed by atoms with Crippen molar-refractivity contribution in [1.29, 1.82) is 0 Å². The summed E-state index contributed by atoms with van der Waals surface area (Å²) < 4.78 is 45.4. The van der Waals surface area contributed by atoms with Crippen LogP contribution in [0.3, 0.4) is 0 Å². The molecule has 4 aliphatic rings. The van der Waals surface area contributed by atoms with Gasteiger partial charge in [0.25, 0.3) is 11.7 Å². The van der Waals surface area contributed by atoms with E-state index >= 15 is 4.39 Å². The number of methoxy groups -OCH3 is 3. The normalized spacial score (nSPS) is 40.4. The number of cyclic esters (lactones) is 1. The van der Waals surface area contributed by atoms with Crippen LogP contribution in [0, 0.1) is 35.5 Å². The van der Waals surface area contributed by atoms with E-state index in [0.29, 0.717) is 64.2 Å². The molecule has 65 heavy (non-hydrogen) atoms. The standard InChI is InChI=1S/C51H78FNO12/c1-30-16-12-11-13-17-31(2)42(61-8)28-38-21-19-36(7)51(60,65-38)48(57)49(58)53-23-15-14-18-39(53)50(59)64-43(33(4)26-37-20-22-40(54)44(27-37)62-9)29-41(55)32(3)25-34(5)45(52)47(63-10)46(56)35(6)24-30/h11-13,16-17,25,30,32-33,35-40,42-45,47,54,60H,14-15,18-24,26-29H2,1-10H3/b13-11+,16-12+,31-17+,34-25+/t30-,32-,33-,35?,36-,37?,38+,39+,40-,42+,43?,44-,45?,47-,51-/m1/s1. The van der Waals surface area contributed by atoms with E-state index in [1.165, 1.54) is 25.0 Å². The highest BCUT2D eigenvalue weighted by atomic mass is 19.1. The van der Waals surface area contributed by atoms with Gasteiger partial charge in [-0.2, -0.15) is 0 Å². The van der Waals surface area contributed by atoms with Gasteiger partial charge in [0.2, 0.25) is 5.79 Å². The number of ether oxygens (including phenoxy) is 5. The third-order valence-electron chi connectivity index (χ3n) is 14.4. The van der Waals surface area contributed by atoms with Crippen LogP contribution >= 0.6 is 0 Å². The Kier molecular flexibility index (Phi) is 20.9. The minimum absolute atomic E-state index is 0.0215. The molecule has 4 rings (SSSR count). The van der Waals surface area contributed by atoms with Crippen LogP contribution in [0.25, 0.3) is 0 Å². The molecule has 0 spiro atoms.